The van der Waals surface area contributed by atoms with Crippen molar-refractivity contribution in [2.45, 2.75) is 77.2 Å². The van der Waals surface area contributed by atoms with Crippen molar-refractivity contribution in [1.29, 1.82) is 0 Å². The van der Waals surface area contributed by atoms with Gasteiger partial charge in [-0.2, -0.15) is 0 Å². The minimum Gasteiger partial charge on any atom is -0.497 e. The predicted octanol–water partition coefficient (Wildman–Crippen LogP) is 5.67. The lowest BCUT2D eigenvalue weighted by atomic mass is 9.89. The fourth-order valence-corrected chi connectivity index (χ4v) is 5.84. The summed E-state index contributed by atoms with van der Waals surface area (Å²) in [5, 5.41) is 0.106. The number of methoxy groups -OCH3 is 1. The van der Waals surface area contributed by atoms with E-state index < -0.39 is 20.2 Å². The summed E-state index contributed by atoms with van der Waals surface area (Å²) in [4.78, 5) is 11.5. The number of carbonyl (C=O) groups excluding carboxylic acids is 1. The molecule has 5 nitrogen and oxygen atoms in total. The van der Waals surface area contributed by atoms with Crippen molar-refractivity contribution >= 4 is 14.6 Å². The molecule has 0 radical (unpaired) electrons. The van der Waals surface area contributed by atoms with Crippen LogP contribution in [0.4, 0.5) is 0 Å². The highest BCUT2D eigenvalue weighted by Crippen LogP contribution is 2.53. The third kappa shape index (κ3) is 4.82. The van der Waals surface area contributed by atoms with Gasteiger partial charge >= 0.3 is 0 Å². The molecule has 1 heterocycles. The van der Waals surface area contributed by atoms with E-state index in [1.54, 1.807) is 7.11 Å². The zero-order valence-electron chi connectivity index (χ0n) is 20.2. The van der Waals surface area contributed by atoms with Crippen LogP contribution in [-0.2, 0) is 18.7 Å². The average Bonchev–Trinajstić information content (AvgIpc) is 3.23. The second kappa shape index (κ2) is 8.81. The molecule has 172 valence electrons. The van der Waals surface area contributed by atoms with Crippen molar-refractivity contribution in [1.82, 2.24) is 0 Å². The molecule has 1 aromatic carbocycles. The first-order valence-electron chi connectivity index (χ1n) is 11.2. The average molecular weight is 447 g/mol. The number of hydrogen-bond acceptors (Lipinski definition) is 5. The SMILES string of the molecule is COc1ccc(C2OC[C@]3(C[C@H](C)[C@@H](O[Si](C)(C)C(C)(C)C)[C@@H]3/C=C(\C)C=O)O2)cc1. The van der Waals surface area contributed by atoms with Gasteiger partial charge in [0, 0.05) is 11.5 Å². The number of carbonyl (C=O) groups is 1. The molecule has 6 heteroatoms. The highest BCUT2D eigenvalue weighted by atomic mass is 28.4. The molecule has 3 rings (SSSR count). The molecular weight excluding hydrogens is 408 g/mol. The molecule has 2 aliphatic rings. The molecule has 2 fully saturated rings. The van der Waals surface area contributed by atoms with Crippen molar-refractivity contribution < 1.29 is 23.4 Å². The van der Waals surface area contributed by atoms with E-state index in [1.165, 1.54) is 0 Å². The first kappa shape index (κ1) is 24.2. The lowest BCUT2D eigenvalue weighted by Crippen LogP contribution is -2.48. The molecule has 0 aromatic heterocycles. The summed E-state index contributed by atoms with van der Waals surface area (Å²) >= 11 is 0. The highest BCUT2D eigenvalue weighted by Gasteiger charge is 2.58. The second-order valence-corrected chi connectivity index (χ2v) is 15.4. The van der Waals surface area contributed by atoms with Crippen molar-refractivity contribution in [2.24, 2.45) is 11.8 Å². The second-order valence-electron chi connectivity index (χ2n) is 10.7. The predicted molar refractivity (Wildman–Crippen MR) is 125 cm³/mol. The van der Waals surface area contributed by atoms with E-state index in [1.807, 2.05) is 37.3 Å². The molecule has 1 spiro atoms. The van der Waals surface area contributed by atoms with Crippen molar-refractivity contribution in [2.75, 3.05) is 13.7 Å². The molecular formula is C25H38O5Si. The van der Waals surface area contributed by atoms with Gasteiger partial charge in [0.05, 0.1) is 19.8 Å². The van der Waals surface area contributed by atoms with Crippen LogP contribution in [0.3, 0.4) is 0 Å². The Morgan fingerprint density at radius 1 is 1.23 bits per heavy atom. The Labute approximate surface area is 188 Å². The van der Waals surface area contributed by atoms with E-state index >= 15 is 0 Å². The topological polar surface area (TPSA) is 54.0 Å². The van der Waals surface area contributed by atoms with E-state index in [9.17, 15) is 4.79 Å². The normalized spacial score (nSPS) is 31.9. The number of rotatable bonds is 6. The first-order chi connectivity index (χ1) is 14.4. The summed E-state index contributed by atoms with van der Waals surface area (Å²) < 4.78 is 25.0. The van der Waals surface area contributed by atoms with Gasteiger partial charge in [0.1, 0.15) is 17.6 Å². The number of allylic oxidation sites excluding steroid dienone is 1. The Morgan fingerprint density at radius 3 is 2.42 bits per heavy atom. The molecule has 0 N–H and O–H groups in total. The minimum atomic E-state index is -2.00. The standard InChI is InChI=1S/C25H38O5Si/c1-17(15-26)13-21-22(30-31(7,8)24(3,4)5)18(2)14-25(21)16-28-23(29-25)19-9-11-20(27-6)12-10-19/h9-13,15,18,21-23H,14,16H2,1-8H3/b17-13+/t18-,21-,22+,23?,25-/m0/s1. The summed E-state index contributed by atoms with van der Waals surface area (Å²) in [5.74, 6) is 1.06. The summed E-state index contributed by atoms with van der Waals surface area (Å²) in [6.07, 6.45) is 3.36. The summed E-state index contributed by atoms with van der Waals surface area (Å²) in [7, 11) is -0.348. The van der Waals surface area contributed by atoms with Crippen molar-refractivity contribution in [3.8, 4) is 5.75 Å². The van der Waals surface area contributed by atoms with E-state index in [4.69, 9.17) is 18.6 Å². The van der Waals surface area contributed by atoms with Crippen LogP contribution in [0.2, 0.25) is 18.1 Å². The van der Waals surface area contributed by atoms with E-state index in [0.717, 1.165) is 24.0 Å². The van der Waals surface area contributed by atoms with Gasteiger partial charge in [0.2, 0.25) is 0 Å². The molecule has 1 saturated heterocycles. The molecule has 5 atom stereocenters. The molecule has 1 aromatic rings. The monoisotopic (exact) mass is 446 g/mol. The Kier molecular flexibility index (Phi) is 6.87. The summed E-state index contributed by atoms with van der Waals surface area (Å²) in [6.45, 7) is 15.9. The Balaban J connectivity index is 1.91. The molecule has 1 aliphatic carbocycles. The number of benzene rings is 1. The molecule has 0 amide bonds. The van der Waals surface area contributed by atoms with Crippen molar-refractivity contribution in [3.63, 3.8) is 0 Å². The van der Waals surface area contributed by atoms with Gasteiger partial charge in [0.25, 0.3) is 0 Å². The molecule has 1 saturated carbocycles. The highest BCUT2D eigenvalue weighted by molar-refractivity contribution is 6.74. The number of ether oxygens (including phenoxy) is 3. The Hall–Kier alpha value is -1.47. The van der Waals surface area contributed by atoms with Crippen molar-refractivity contribution in [3.05, 3.63) is 41.5 Å². The molecule has 0 bridgehead atoms. The fraction of sp³-hybridized carbons (Fsp3) is 0.640. The van der Waals surface area contributed by atoms with Crippen LogP contribution in [0.1, 0.15) is 52.9 Å². The van der Waals surface area contributed by atoms with Gasteiger partial charge in [-0.15, -0.1) is 0 Å². The lowest BCUT2D eigenvalue weighted by Gasteiger charge is -2.41. The molecule has 31 heavy (non-hydrogen) atoms. The quantitative estimate of drug-likeness (QED) is 0.320. The van der Waals surface area contributed by atoms with Crippen LogP contribution in [0, 0.1) is 11.8 Å². The van der Waals surface area contributed by atoms with E-state index in [2.05, 4.69) is 40.8 Å². The zero-order chi connectivity index (χ0) is 23.0. The van der Waals surface area contributed by atoms with Crippen LogP contribution >= 0.6 is 0 Å². The van der Waals surface area contributed by atoms with Crippen LogP contribution in [0.15, 0.2) is 35.9 Å². The van der Waals surface area contributed by atoms with Gasteiger partial charge < -0.3 is 18.6 Å². The molecule has 1 unspecified atom stereocenters. The molecule has 1 aliphatic heterocycles. The maximum Gasteiger partial charge on any atom is 0.192 e. The maximum atomic E-state index is 11.5. The van der Waals surface area contributed by atoms with Crippen LogP contribution in [0.25, 0.3) is 0 Å². The third-order valence-corrected chi connectivity index (χ3v) is 11.7. The number of hydrogen-bond donors (Lipinski definition) is 0. The number of aldehydes is 1. The van der Waals surface area contributed by atoms with Gasteiger partial charge in [-0.25, -0.2) is 0 Å². The maximum absolute atomic E-state index is 11.5. The summed E-state index contributed by atoms with van der Waals surface area (Å²) in [6, 6.07) is 7.79. The van der Waals surface area contributed by atoms with Gasteiger partial charge in [0.15, 0.2) is 14.6 Å². The van der Waals surface area contributed by atoms with Crippen LogP contribution in [-0.4, -0.2) is 40.0 Å². The van der Waals surface area contributed by atoms with E-state index in [-0.39, 0.29) is 17.1 Å². The Morgan fingerprint density at radius 2 is 1.87 bits per heavy atom. The largest absolute Gasteiger partial charge is 0.497 e. The van der Waals surface area contributed by atoms with Gasteiger partial charge in [-0.3, -0.25) is 4.79 Å². The first-order valence-corrected chi connectivity index (χ1v) is 14.1. The van der Waals surface area contributed by atoms with Gasteiger partial charge in [-0.1, -0.05) is 45.9 Å². The minimum absolute atomic E-state index is 0.00555. The van der Waals surface area contributed by atoms with Gasteiger partial charge in [-0.05, 0) is 55.1 Å². The van der Waals surface area contributed by atoms with Crippen LogP contribution in [0.5, 0.6) is 5.75 Å². The zero-order valence-corrected chi connectivity index (χ0v) is 21.2. The smallest absolute Gasteiger partial charge is 0.192 e. The summed E-state index contributed by atoms with van der Waals surface area (Å²) in [5.41, 5.74) is 1.18. The third-order valence-electron chi connectivity index (χ3n) is 7.26. The Bertz CT molecular complexity index is 810. The van der Waals surface area contributed by atoms with Crippen LogP contribution < -0.4 is 4.74 Å². The lowest BCUT2D eigenvalue weighted by molar-refractivity contribution is -0.105. The fourth-order valence-electron chi connectivity index (χ4n) is 4.43. The van der Waals surface area contributed by atoms with E-state index in [0.29, 0.717) is 18.1 Å².